The summed E-state index contributed by atoms with van der Waals surface area (Å²) in [6, 6.07) is 7.08. The maximum Gasteiger partial charge on any atom is 0.222 e. The molecule has 0 atom stereocenters. The monoisotopic (exact) mass is 318 g/mol. The number of nitrogens with zero attached hydrogens (tertiary/aromatic N) is 1. The SMILES string of the molecule is COc1ccc(C(=O)CCCC(=O)N2CCC(CN)CC2)cc1. The third-order valence-corrected chi connectivity index (χ3v) is 4.51. The van der Waals surface area contributed by atoms with Crippen LogP contribution < -0.4 is 10.5 Å². The predicted molar refractivity (Wildman–Crippen MR) is 89.5 cm³/mol. The highest BCUT2D eigenvalue weighted by molar-refractivity contribution is 5.96. The maximum absolute atomic E-state index is 12.2. The average molecular weight is 318 g/mol. The summed E-state index contributed by atoms with van der Waals surface area (Å²) in [5, 5.41) is 0. The summed E-state index contributed by atoms with van der Waals surface area (Å²) in [6.45, 7) is 2.30. The Kier molecular flexibility index (Phi) is 6.59. The van der Waals surface area contributed by atoms with Crippen molar-refractivity contribution in [1.29, 1.82) is 0 Å². The Morgan fingerprint density at radius 1 is 1.17 bits per heavy atom. The maximum atomic E-state index is 12.2. The largest absolute Gasteiger partial charge is 0.497 e. The molecule has 2 N–H and O–H groups in total. The number of methoxy groups -OCH3 is 1. The van der Waals surface area contributed by atoms with Crippen molar-refractivity contribution in [3.63, 3.8) is 0 Å². The first-order chi connectivity index (χ1) is 11.1. The molecular weight excluding hydrogens is 292 g/mol. The number of carbonyl (C=O) groups is 2. The number of nitrogens with two attached hydrogens (primary N) is 1. The highest BCUT2D eigenvalue weighted by atomic mass is 16.5. The standard InChI is InChI=1S/C18H26N2O3/c1-23-16-7-5-15(6-8-16)17(21)3-2-4-18(22)20-11-9-14(13-19)10-12-20/h5-8,14H,2-4,9-13,19H2,1H3. The van der Waals surface area contributed by atoms with Gasteiger partial charge in [0, 0.05) is 31.5 Å². The summed E-state index contributed by atoms with van der Waals surface area (Å²) in [4.78, 5) is 26.2. The summed E-state index contributed by atoms with van der Waals surface area (Å²) < 4.78 is 5.07. The van der Waals surface area contributed by atoms with Crippen molar-refractivity contribution in [2.24, 2.45) is 11.7 Å². The van der Waals surface area contributed by atoms with Crippen LogP contribution in [0.3, 0.4) is 0 Å². The lowest BCUT2D eigenvalue weighted by Gasteiger charge is -2.31. The second-order valence-electron chi connectivity index (χ2n) is 6.07. The Hall–Kier alpha value is -1.88. The van der Waals surface area contributed by atoms with Crippen molar-refractivity contribution in [1.82, 2.24) is 4.90 Å². The van der Waals surface area contributed by atoms with Gasteiger partial charge in [-0.3, -0.25) is 9.59 Å². The van der Waals surface area contributed by atoms with Gasteiger partial charge in [-0.05, 0) is 56.0 Å². The van der Waals surface area contributed by atoms with E-state index in [1.165, 1.54) is 0 Å². The van der Waals surface area contributed by atoms with E-state index in [1.807, 2.05) is 4.90 Å². The van der Waals surface area contributed by atoms with Crippen LogP contribution in [0.2, 0.25) is 0 Å². The van der Waals surface area contributed by atoms with Crippen LogP contribution in [0.15, 0.2) is 24.3 Å². The minimum Gasteiger partial charge on any atom is -0.497 e. The second-order valence-corrected chi connectivity index (χ2v) is 6.07. The van der Waals surface area contributed by atoms with Crippen LogP contribution in [0.5, 0.6) is 5.75 Å². The fourth-order valence-electron chi connectivity index (χ4n) is 2.90. The third kappa shape index (κ3) is 5.06. The molecule has 1 aliphatic rings. The van der Waals surface area contributed by atoms with Gasteiger partial charge < -0.3 is 15.4 Å². The molecule has 0 spiro atoms. The highest BCUT2D eigenvalue weighted by Crippen LogP contribution is 2.18. The Bertz CT molecular complexity index is 520. The average Bonchev–Trinajstić information content (AvgIpc) is 2.61. The zero-order valence-corrected chi connectivity index (χ0v) is 13.8. The molecule has 5 nitrogen and oxygen atoms in total. The van der Waals surface area contributed by atoms with E-state index in [0.29, 0.717) is 37.3 Å². The van der Waals surface area contributed by atoms with Crippen LogP contribution >= 0.6 is 0 Å². The number of amides is 1. The number of ketones is 1. The fourth-order valence-corrected chi connectivity index (χ4v) is 2.90. The van der Waals surface area contributed by atoms with Gasteiger partial charge in [0.1, 0.15) is 5.75 Å². The minimum atomic E-state index is 0.0716. The van der Waals surface area contributed by atoms with Gasteiger partial charge in [0.2, 0.25) is 5.91 Å². The molecule has 0 aromatic heterocycles. The molecule has 0 unspecified atom stereocenters. The number of likely N-dealkylation sites (tertiary alicyclic amines) is 1. The van der Waals surface area contributed by atoms with E-state index in [2.05, 4.69) is 0 Å². The first-order valence-electron chi connectivity index (χ1n) is 8.29. The topological polar surface area (TPSA) is 72.6 Å². The van der Waals surface area contributed by atoms with E-state index in [0.717, 1.165) is 31.7 Å². The molecule has 0 aliphatic carbocycles. The Labute approximate surface area is 137 Å². The molecule has 0 radical (unpaired) electrons. The predicted octanol–water partition coefficient (Wildman–Crippen LogP) is 2.25. The smallest absolute Gasteiger partial charge is 0.222 e. The van der Waals surface area contributed by atoms with Crippen molar-refractivity contribution >= 4 is 11.7 Å². The summed E-state index contributed by atoms with van der Waals surface area (Å²) >= 11 is 0. The van der Waals surface area contributed by atoms with Gasteiger partial charge in [-0.2, -0.15) is 0 Å². The number of piperidine rings is 1. The Morgan fingerprint density at radius 3 is 2.39 bits per heavy atom. The van der Waals surface area contributed by atoms with Gasteiger partial charge in [-0.1, -0.05) is 0 Å². The molecule has 126 valence electrons. The summed E-state index contributed by atoms with van der Waals surface area (Å²) in [6.07, 6.45) is 3.42. The van der Waals surface area contributed by atoms with Gasteiger partial charge in [0.15, 0.2) is 5.78 Å². The van der Waals surface area contributed by atoms with Gasteiger partial charge >= 0.3 is 0 Å². The van der Waals surface area contributed by atoms with Crippen LogP contribution in [-0.4, -0.2) is 43.3 Å². The van der Waals surface area contributed by atoms with Crippen molar-refractivity contribution < 1.29 is 14.3 Å². The number of benzene rings is 1. The van der Waals surface area contributed by atoms with Crippen molar-refractivity contribution in [3.8, 4) is 5.75 Å². The lowest BCUT2D eigenvalue weighted by molar-refractivity contribution is -0.132. The number of rotatable bonds is 7. The zero-order valence-electron chi connectivity index (χ0n) is 13.8. The highest BCUT2D eigenvalue weighted by Gasteiger charge is 2.21. The van der Waals surface area contributed by atoms with Gasteiger partial charge in [0.05, 0.1) is 7.11 Å². The molecule has 1 fully saturated rings. The van der Waals surface area contributed by atoms with E-state index >= 15 is 0 Å². The van der Waals surface area contributed by atoms with Crippen molar-refractivity contribution in [3.05, 3.63) is 29.8 Å². The first kappa shape index (κ1) is 17.5. The van der Waals surface area contributed by atoms with Gasteiger partial charge in [0.25, 0.3) is 0 Å². The number of carbonyl (C=O) groups excluding carboxylic acids is 2. The lowest BCUT2D eigenvalue weighted by atomic mass is 9.96. The van der Waals surface area contributed by atoms with E-state index in [-0.39, 0.29) is 11.7 Å². The molecular formula is C18H26N2O3. The van der Waals surface area contributed by atoms with E-state index in [9.17, 15) is 9.59 Å². The summed E-state index contributed by atoms with van der Waals surface area (Å²) in [7, 11) is 1.60. The van der Waals surface area contributed by atoms with Crippen molar-refractivity contribution in [2.75, 3.05) is 26.7 Å². The van der Waals surface area contributed by atoms with Crippen LogP contribution in [0.25, 0.3) is 0 Å². The molecule has 1 aromatic carbocycles. The van der Waals surface area contributed by atoms with Crippen LogP contribution in [-0.2, 0) is 4.79 Å². The molecule has 0 saturated carbocycles. The third-order valence-electron chi connectivity index (χ3n) is 4.51. The molecule has 1 aliphatic heterocycles. The molecule has 0 bridgehead atoms. The minimum absolute atomic E-state index is 0.0716. The number of ether oxygens (including phenoxy) is 1. The quantitative estimate of drug-likeness (QED) is 0.783. The Morgan fingerprint density at radius 2 is 1.83 bits per heavy atom. The van der Waals surface area contributed by atoms with Crippen LogP contribution in [0.1, 0.15) is 42.5 Å². The van der Waals surface area contributed by atoms with Crippen LogP contribution in [0, 0.1) is 5.92 Å². The normalized spacial score (nSPS) is 15.5. The molecule has 5 heteroatoms. The number of hydrogen-bond acceptors (Lipinski definition) is 4. The zero-order chi connectivity index (χ0) is 16.7. The van der Waals surface area contributed by atoms with Gasteiger partial charge in [-0.25, -0.2) is 0 Å². The van der Waals surface area contributed by atoms with Gasteiger partial charge in [-0.15, -0.1) is 0 Å². The number of hydrogen-bond donors (Lipinski definition) is 1. The lowest BCUT2D eigenvalue weighted by Crippen LogP contribution is -2.39. The van der Waals surface area contributed by atoms with E-state index < -0.39 is 0 Å². The molecule has 23 heavy (non-hydrogen) atoms. The molecule has 1 saturated heterocycles. The first-order valence-corrected chi connectivity index (χ1v) is 8.29. The second kappa shape index (κ2) is 8.67. The Balaban J connectivity index is 1.71. The van der Waals surface area contributed by atoms with Crippen LogP contribution in [0.4, 0.5) is 0 Å². The summed E-state index contributed by atoms with van der Waals surface area (Å²) in [5.41, 5.74) is 6.33. The van der Waals surface area contributed by atoms with E-state index in [4.69, 9.17) is 10.5 Å². The summed E-state index contributed by atoms with van der Waals surface area (Å²) in [5.74, 6) is 1.51. The molecule has 1 amide bonds. The fraction of sp³-hybridized carbons (Fsp3) is 0.556. The van der Waals surface area contributed by atoms with Crippen molar-refractivity contribution in [2.45, 2.75) is 32.1 Å². The number of Topliss-reactive ketones (excluding diaryl/α,β-unsaturated/α-hetero) is 1. The molecule has 1 heterocycles. The molecule has 1 aromatic rings. The molecule has 2 rings (SSSR count). The van der Waals surface area contributed by atoms with E-state index in [1.54, 1.807) is 31.4 Å².